The number of nitrogens with one attached hydrogen (secondary N) is 5. The number of primary amides is 1. The van der Waals surface area contributed by atoms with Crippen molar-refractivity contribution in [3.05, 3.63) is 89.8 Å². The lowest BCUT2D eigenvalue weighted by atomic mass is 10.0. The van der Waals surface area contributed by atoms with E-state index in [4.69, 9.17) is 15.2 Å². The van der Waals surface area contributed by atoms with Crippen LogP contribution in [0.1, 0.15) is 84.8 Å². The zero-order chi connectivity index (χ0) is 45.8. The Labute approximate surface area is 363 Å². The van der Waals surface area contributed by atoms with Gasteiger partial charge in [-0.1, -0.05) is 62.4 Å². The second kappa shape index (κ2) is 24.8. The van der Waals surface area contributed by atoms with Gasteiger partial charge < -0.3 is 51.8 Å². The van der Waals surface area contributed by atoms with Crippen molar-refractivity contribution >= 4 is 41.6 Å². The minimum atomic E-state index is -1.21. The third kappa shape index (κ3) is 18.5. The number of esters is 1. The van der Waals surface area contributed by atoms with Gasteiger partial charge in [-0.2, -0.15) is 0 Å². The van der Waals surface area contributed by atoms with E-state index in [0.29, 0.717) is 43.4 Å². The molecule has 4 atom stereocenters. The predicted octanol–water partition coefficient (Wildman–Crippen LogP) is 3.01. The summed E-state index contributed by atoms with van der Waals surface area (Å²) >= 11 is 0. The molecule has 1 unspecified atom stereocenters. The maximum atomic E-state index is 14.0. The zero-order valence-corrected chi connectivity index (χ0v) is 36.5. The zero-order valence-electron chi connectivity index (χ0n) is 36.5. The summed E-state index contributed by atoms with van der Waals surface area (Å²) in [6.45, 7) is 10.5. The number of hydrogen-bond donors (Lipinski definition) is 7. The van der Waals surface area contributed by atoms with Gasteiger partial charge in [0.25, 0.3) is 0 Å². The lowest BCUT2D eigenvalue weighted by Crippen LogP contribution is -2.56. The second-order valence-electron chi connectivity index (χ2n) is 16.4. The lowest BCUT2D eigenvalue weighted by molar-refractivity contribution is -0.148. The van der Waals surface area contributed by atoms with Crippen molar-refractivity contribution in [3.8, 4) is 5.75 Å². The first kappa shape index (κ1) is 50.0. The van der Waals surface area contributed by atoms with Crippen molar-refractivity contribution in [2.24, 2.45) is 11.7 Å². The summed E-state index contributed by atoms with van der Waals surface area (Å²) in [5.41, 5.74) is 6.37. The van der Waals surface area contributed by atoms with Gasteiger partial charge in [0.2, 0.25) is 29.5 Å². The highest BCUT2D eigenvalue weighted by Gasteiger charge is 2.31. The summed E-state index contributed by atoms with van der Waals surface area (Å²) < 4.78 is 10.6. The summed E-state index contributed by atoms with van der Waals surface area (Å²) in [5, 5.41) is 23.1. The SMILES string of the molecule is CCOC(=O)[C@H](CC(C)C)NC(=O)[C@H](Cc1ccccc1)NC(=O)CNC(=O)C(CCCCN1C=CCC(C(N)=O)=C1)NC(=O)[C@H](Cc1ccc(O)cc1)NC(=O)OC(C)(C)C. The molecular formula is C45H63N7O10. The number of unbranched alkanes of at least 4 members (excludes halogenated alkanes) is 1. The molecule has 1 heterocycles. The second-order valence-corrected chi connectivity index (χ2v) is 16.4. The van der Waals surface area contributed by atoms with E-state index < -0.39 is 77.9 Å². The van der Waals surface area contributed by atoms with Crippen LogP contribution < -0.4 is 32.3 Å². The summed E-state index contributed by atoms with van der Waals surface area (Å²) in [6, 6.07) is 10.6. The number of amides is 6. The largest absolute Gasteiger partial charge is 0.508 e. The number of carbonyl (C=O) groups excluding carboxylic acids is 7. The standard InChI is InChI=1S/C45H63N7O10/c1-7-61-43(59)37(24-29(2)3)50-41(57)35(25-30-14-9-8-10-15-30)48-38(54)27-47-40(56)34(17-11-12-22-52-23-13-16-32(28-52)39(46)55)49-42(58)36(51-44(60)62-45(4,5)6)26-31-18-20-33(53)21-19-31/h8-10,13-15,18-21,23,28-29,34-37,53H,7,11-12,16-17,22,24-27H2,1-6H3,(H2,46,55)(H,47,56)(H,48,54)(H,49,58)(H,50,57)(H,51,60)/t34?,35-,36-,37-/m0/s1. The molecule has 0 aromatic heterocycles. The van der Waals surface area contributed by atoms with Crippen LogP contribution in [-0.2, 0) is 51.1 Å². The molecule has 0 fully saturated rings. The molecule has 2 aromatic carbocycles. The fraction of sp³-hybridized carbons (Fsp3) is 0.489. The van der Waals surface area contributed by atoms with Gasteiger partial charge in [-0.15, -0.1) is 0 Å². The Kier molecular flexibility index (Phi) is 20.0. The van der Waals surface area contributed by atoms with Crippen LogP contribution >= 0.6 is 0 Å². The van der Waals surface area contributed by atoms with E-state index in [0.717, 1.165) is 5.56 Å². The molecule has 8 N–H and O–H groups in total. The van der Waals surface area contributed by atoms with Crippen molar-refractivity contribution < 1.29 is 48.1 Å². The number of phenolic OH excluding ortho intramolecular Hbond substituents is 1. The average molecular weight is 862 g/mol. The Bertz CT molecular complexity index is 1890. The van der Waals surface area contributed by atoms with Gasteiger partial charge in [-0.05, 0) is 95.2 Å². The first-order valence-electron chi connectivity index (χ1n) is 20.9. The molecule has 0 spiro atoms. The highest BCUT2D eigenvalue weighted by Crippen LogP contribution is 2.16. The van der Waals surface area contributed by atoms with Crippen LogP contribution in [0.4, 0.5) is 4.79 Å². The van der Waals surface area contributed by atoms with Crippen LogP contribution in [0.3, 0.4) is 0 Å². The van der Waals surface area contributed by atoms with Crippen LogP contribution in [0.2, 0.25) is 0 Å². The fourth-order valence-electron chi connectivity index (χ4n) is 6.42. The molecule has 1 aliphatic rings. The van der Waals surface area contributed by atoms with Gasteiger partial charge in [0.15, 0.2) is 0 Å². The smallest absolute Gasteiger partial charge is 0.408 e. The normalized spacial score (nSPS) is 14.3. The Balaban J connectivity index is 1.80. The van der Waals surface area contributed by atoms with Gasteiger partial charge in [0, 0.05) is 31.2 Å². The number of alkyl carbamates (subject to hydrolysis) is 1. The van der Waals surface area contributed by atoms with Gasteiger partial charge in [0.05, 0.1) is 13.2 Å². The minimum Gasteiger partial charge on any atom is -0.508 e. The molecular weight excluding hydrogens is 799 g/mol. The maximum Gasteiger partial charge on any atom is 0.408 e. The molecule has 6 amide bonds. The highest BCUT2D eigenvalue weighted by atomic mass is 16.6. The summed E-state index contributed by atoms with van der Waals surface area (Å²) in [7, 11) is 0. The molecule has 1 aliphatic heterocycles. The number of ether oxygens (including phenoxy) is 2. The van der Waals surface area contributed by atoms with Crippen molar-refractivity contribution in [2.75, 3.05) is 19.7 Å². The first-order chi connectivity index (χ1) is 29.3. The molecule has 0 bridgehead atoms. The Morgan fingerprint density at radius 1 is 0.790 bits per heavy atom. The van der Waals surface area contributed by atoms with Gasteiger partial charge in [-0.3, -0.25) is 24.0 Å². The van der Waals surface area contributed by atoms with Gasteiger partial charge in [0.1, 0.15) is 35.5 Å². The van der Waals surface area contributed by atoms with Crippen molar-refractivity contribution in [1.82, 2.24) is 31.5 Å². The highest BCUT2D eigenvalue weighted by molar-refractivity contribution is 5.95. The molecule has 0 radical (unpaired) electrons. The molecule has 3 rings (SSSR count). The van der Waals surface area contributed by atoms with E-state index in [-0.39, 0.29) is 37.5 Å². The van der Waals surface area contributed by atoms with Crippen LogP contribution in [0.5, 0.6) is 5.75 Å². The summed E-state index contributed by atoms with van der Waals surface area (Å²) in [4.78, 5) is 94.1. The molecule has 17 nitrogen and oxygen atoms in total. The number of carbonyl (C=O) groups is 7. The molecule has 62 heavy (non-hydrogen) atoms. The van der Waals surface area contributed by atoms with E-state index in [2.05, 4.69) is 26.6 Å². The average Bonchev–Trinajstić information content (AvgIpc) is 3.20. The number of nitrogens with two attached hydrogens (primary N) is 1. The number of benzene rings is 2. The maximum absolute atomic E-state index is 14.0. The Morgan fingerprint density at radius 2 is 1.40 bits per heavy atom. The number of nitrogens with zero attached hydrogens (tertiary/aromatic N) is 1. The third-order valence-electron chi connectivity index (χ3n) is 9.40. The van der Waals surface area contributed by atoms with Crippen molar-refractivity contribution in [2.45, 2.75) is 116 Å². The quantitative estimate of drug-likeness (QED) is 0.0632. The number of phenols is 1. The molecule has 17 heteroatoms. The van der Waals surface area contributed by atoms with Gasteiger partial charge in [-0.25, -0.2) is 9.59 Å². The van der Waals surface area contributed by atoms with E-state index in [1.807, 2.05) is 32.2 Å². The van der Waals surface area contributed by atoms with Crippen LogP contribution in [-0.4, -0.2) is 101 Å². The van der Waals surface area contributed by atoms with Crippen LogP contribution in [0.15, 0.2) is 78.6 Å². The third-order valence-corrected chi connectivity index (χ3v) is 9.40. The number of hydrogen-bond acceptors (Lipinski definition) is 11. The topological polar surface area (TPSA) is 248 Å². The summed E-state index contributed by atoms with van der Waals surface area (Å²) in [6.07, 6.45) is 6.28. The van der Waals surface area contributed by atoms with Crippen molar-refractivity contribution in [1.29, 1.82) is 0 Å². The minimum absolute atomic E-state index is 0.0102. The Morgan fingerprint density at radius 3 is 2.00 bits per heavy atom. The van der Waals surface area contributed by atoms with E-state index in [1.54, 1.807) is 75.2 Å². The molecule has 338 valence electrons. The number of aromatic hydroxyl groups is 1. The fourth-order valence-corrected chi connectivity index (χ4v) is 6.42. The number of allylic oxidation sites excluding steroid dienone is 1. The molecule has 0 saturated heterocycles. The van der Waals surface area contributed by atoms with E-state index >= 15 is 0 Å². The summed E-state index contributed by atoms with van der Waals surface area (Å²) in [5.74, 6) is -3.80. The monoisotopic (exact) mass is 861 g/mol. The predicted molar refractivity (Wildman–Crippen MR) is 232 cm³/mol. The number of rotatable bonds is 23. The van der Waals surface area contributed by atoms with Crippen LogP contribution in [0.25, 0.3) is 0 Å². The van der Waals surface area contributed by atoms with Crippen molar-refractivity contribution in [3.63, 3.8) is 0 Å². The Hall–Kier alpha value is -6.39. The molecule has 2 aromatic rings. The van der Waals surface area contributed by atoms with Crippen LogP contribution in [0, 0.1) is 5.92 Å². The van der Waals surface area contributed by atoms with E-state index in [9.17, 15) is 38.7 Å². The molecule has 0 aliphatic carbocycles. The van der Waals surface area contributed by atoms with E-state index in [1.165, 1.54) is 12.1 Å². The van der Waals surface area contributed by atoms with Gasteiger partial charge >= 0.3 is 12.1 Å². The lowest BCUT2D eigenvalue weighted by Gasteiger charge is -2.26. The molecule has 0 saturated carbocycles. The first-order valence-corrected chi connectivity index (χ1v) is 20.9.